The standard InChI is InChI=1S/C21H30O4/c1-12(22)25-14-6-8-20(2)13(10-14)4-5-15-16(20)7-9-21(3)18(24)11-17(23)19(15)21/h4,14-17,19,23H,5-11H2,1-3H3. The number of fused-ring (bicyclic) bond motifs is 5. The van der Waals surface area contributed by atoms with Crippen molar-refractivity contribution >= 4 is 11.8 Å². The SMILES string of the molecule is CC(=O)OC1CCC2(C)C(=CCC3C2CCC2(C)C(=O)CC(O)C32)C1. The van der Waals surface area contributed by atoms with E-state index in [4.69, 9.17) is 4.74 Å². The molecular formula is C21H30O4. The Kier molecular flexibility index (Phi) is 3.91. The largest absolute Gasteiger partial charge is 0.462 e. The van der Waals surface area contributed by atoms with Crippen molar-refractivity contribution in [3.8, 4) is 0 Å². The molecule has 0 aromatic rings. The van der Waals surface area contributed by atoms with E-state index in [9.17, 15) is 14.7 Å². The first kappa shape index (κ1) is 17.3. The summed E-state index contributed by atoms with van der Waals surface area (Å²) in [5.41, 5.74) is 1.25. The van der Waals surface area contributed by atoms with Crippen molar-refractivity contribution in [3.63, 3.8) is 0 Å². The molecule has 0 radical (unpaired) electrons. The van der Waals surface area contributed by atoms with Gasteiger partial charge in [0.05, 0.1) is 6.10 Å². The lowest BCUT2D eigenvalue weighted by atomic mass is 9.48. The predicted molar refractivity (Wildman–Crippen MR) is 93.7 cm³/mol. The number of carbonyl (C=O) groups excluding carboxylic acids is 2. The van der Waals surface area contributed by atoms with Gasteiger partial charge in [-0.15, -0.1) is 0 Å². The highest BCUT2D eigenvalue weighted by atomic mass is 16.5. The van der Waals surface area contributed by atoms with Crippen LogP contribution in [0.2, 0.25) is 0 Å². The highest BCUT2D eigenvalue weighted by Gasteiger charge is 2.61. The molecule has 4 aliphatic rings. The highest BCUT2D eigenvalue weighted by Crippen LogP contribution is 2.64. The van der Waals surface area contributed by atoms with E-state index < -0.39 is 6.10 Å². The fourth-order valence-electron chi connectivity index (χ4n) is 6.80. The highest BCUT2D eigenvalue weighted by molar-refractivity contribution is 5.88. The summed E-state index contributed by atoms with van der Waals surface area (Å²) in [5, 5.41) is 10.6. The van der Waals surface area contributed by atoms with E-state index in [2.05, 4.69) is 19.9 Å². The van der Waals surface area contributed by atoms with Gasteiger partial charge in [0.15, 0.2) is 0 Å². The number of rotatable bonds is 1. The van der Waals surface area contributed by atoms with Crippen LogP contribution in [0.15, 0.2) is 11.6 Å². The average Bonchev–Trinajstić information content (AvgIpc) is 2.77. The third-order valence-electron chi connectivity index (χ3n) is 8.09. The second-order valence-electron chi connectivity index (χ2n) is 9.30. The summed E-state index contributed by atoms with van der Waals surface area (Å²) >= 11 is 0. The molecule has 0 spiro atoms. The van der Waals surface area contributed by atoms with Crippen LogP contribution in [-0.4, -0.2) is 29.1 Å². The first-order valence-electron chi connectivity index (χ1n) is 9.84. The average molecular weight is 346 g/mol. The number of ketones is 1. The summed E-state index contributed by atoms with van der Waals surface area (Å²) in [6.07, 6.45) is 7.96. The molecule has 4 heteroatoms. The predicted octanol–water partition coefficient (Wildman–Crippen LogP) is 3.42. The number of hydrogen-bond acceptors (Lipinski definition) is 4. The molecular weight excluding hydrogens is 316 g/mol. The minimum atomic E-state index is -0.471. The zero-order valence-corrected chi connectivity index (χ0v) is 15.6. The van der Waals surface area contributed by atoms with Gasteiger partial charge in [0.25, 0.3) is 0 Å². The van der Waals surface area contributed by atoms with E-state index in [1.54, 1.807) is 0 Å². The van der Waals surface area contributed by atoms with Gasteiger partial charge in [0.2, 0.25) is 0 Å². The van der Waals surface area contributed by atoms with E-state index in [0.29, 0.717) is 18.3 Å². The molecule has 0 aromatic heterocycles. The Morgan fingerprint density at radius 3 is 2.64 bits per heavy atom. The van der Waals surface area contributed by atoms with Crippen LogP contribution in [0.3, 0.4) is 0 Å². The zero-order chi connectivity index (χ0) is 18.0. The van der Waals surface area contributed by atoms with Gasteiger partial charge in [-0.05, 0) is 49.4 Å². The molecule has 4 nitrogen and oxygen atoms in total. The van der Waals surface area contributed by atoms with Gasteiger partial charge in [-0.3, -0.25) is 9.59 Å². The Labute approximate surface area is 150 Å². The maximum atomic E-state index is 12.5. The maximum absolute atomic E-state index is 12.5. The van der Waals surface area contributed by atoms with Crippen LogP contribution < -0.4 is 0 Å². The van der Waals surface area contributed by atoms with Crippen LogP contribution in [0.4, 0.5) is 0 Å². The first-order valence-corrected chi connectivity index (χ1v) is 9.84. The number of aliphatic hydroxyl groups is 1. The summed E-state index contributed by atoms with van der Waals surface area (Å²) in [6.45, 7) is 5.94. The molecule has 7 atom stereocenters. The normalized spacial score (nSPS) is 48.9. The molecule has 1 N–H and O–H groups in total. The van der Waals surface area contributed by atoms with E-state index in [-0.39, 0.29) is 34.6 Å². The van der Waals surface area contributed by atoms with Crippen LogP contribution >= 0.6 is 0 Å². The van der Waals surface area contributed by atoms with Gasteiger partial charge in [0, 0.05) is 31.1 Å². The monoisotopic (exact) mass is 346 g/mol. The van der Waals surface area contributed by atoms with Gasteiger partial charge in [0.1, 0.15) is 11.9 Å². The van der Waals surface area contributed by atoms with Crippen molar-refractivity contribution in [2.45, 2.75) is 77.9 Å². The van der Waals surface area contributed by atoms with Crippen LogP contribution in [0.25, 0.3) is 0 Å². The van der Waals surface area contributed by atoms with Crippen LogP contribution in [0, 0.1) is 28.6 Å². The minimum absolute atomic E-state index is 0.0147. The first-order chi connectivity index (χ1) is 11.8. The smallest absolute Gasteiger partial charge is 0.302 e. The summed E-state index contributed by atoms with van der Waals surface area (Å²) in [4.78, 5) is 23.8. The molecule has 3 saturated carbocycles. The van der Waals surface area contributed by atoms with Crippen molar-refractivity contribution in [1.29, 1.82) is 0 Å². The molecule has 4 aliphatic carbocycles. The number of hydrogen-bond donors (Lipinski definition) is 1. The molecule has 4 rings (SSSR count). The van der Waals surface area contributed by atoms with Crippen molar-refractivity contribution < 1.29 is 19.4 Å². The number of carbonyl (C=O) groups is 2. The molecule has 0 amide bonds. The molecule has 7 unspecified atom stereocenters. The Morgan fingerprint density at radius 1 is 1.20 bits per heavy atom. The Balaban J connectivity index is 1.62. The lowest BCUT2D eigenvalue weighted by Crippen LogP contribution is -2.52. The van der Waals surface area contributed by atoms with Gasteiger partial charge in [-0.2, -0.15) is 0 Å². The Morgan fingerprint density at radius 2 is 1.92 bits per heavy atom. The third-order valence-corrected chi connectivity index (χ3v) is 8.09. The van der Waals surface area contributed by atoms with Gasteiger partial charge in [-0.25, -0.2) is 0 Å². The molecule has 0 heterocycles. The molecule has 0 aliphatic heterocycles. The summed E-state index contributed by atoms with van der Waals surface area (Å²) in [5.74, 6) is 1.12. The van der Waals surface area contributed by atoms with E-state index in [0.717, 1.165) is 38.5 Å². The third kappa shape index (κ3) is 2.43. The van der Waals surface area contributed by atoms with E-state index >= 15 is 0 Å². The Hall–Kier alpha value is -1.16. The van der Waals surface area contributed by atoms with E-state index in [1.807, 2.05) is 0 Å². The second-order valence-corrected chi connectivity index (χ2v) is 9.30. The van der Waals surface area contributed by atoms with Gasteiger partial charge >= 0.3 is 5.97 Å². The molecule has 0 saturated heterocycles. The summed E-state index contributed by atoms with van der Waals surface area (Å²) in [7, 11) is 0. The number of esters is 1. The number of Topliss-reactive ketones (excluding diaryl/α,β-unsaturated/α-hetero) is 1. The fourth-order valence-corrected chi connectivity index (χ4v) is 6.80. The molecule has 25 heavy (non-hydrogen) atoms. The molecule has 0 aromatic carbocycles. The lowest BCUT2D eigenvalue weighted by molar-refractivity contribution is -0.149. The van der Waals surface area contributed by atoms with Crippen molar-refractivity contribution in [1.82, 2.24) is 0 Å². The molecule has 0 bridgehead atoms. The van der Waals surface area contributed by atoms with Crippen molar-refractivity contribution in [2.24, 2.45) is 28.6 Å². The number of allylic oxidation sites excluding steroid dienone is 1. The Bertz CT molecular complexity index is 638. The van der Waals surface area contributed by atoms with E-state index in [1.165, 1.54) is 12.5 Å². The maximum Gasteiger partial charge on any atom is 0.302 e. The zero-order valence-electron chi connectivity index (χ0n) is 15.6. The minimum Gasteiger partial charge on any atom is -0.462 e. The molecule has 3 fully saturated rings. The van der Waals surface area contributed by atoms with Gasteiger partial charge in [-0.1, -0.05) is 25.5 Å². The quantitative estimate of drug-likeness (QED) is 0.584. The van der Waals surface area contributed by atoms with Crippen molar-refractivity contribution in [2.75, 3.05) is 0 Å². The topological polar surface area (TPSA) is 63.6 Å². The lowest BCUT2D eigenvalue weighted by Gasteiger charge is -2.57. The summed E-state index contributed by atoms with van der Waals surface area (Å²) in [6, 6.07) is 0. The van der Waals surface area contributed by atoms with Crippen LogP contribution in [-0.2, 0) is 14.3 Å². The van der Waals surface area contributed by atoms with Crippen LogP contribution in [0.5, 0.6) is 0 Å². The number of ether oxygens (including phenoxy) is 1. The van der Waals surface area contributed by atoms with Crippen molar-refractivity contribution in [3.05, 3.63) is 11.6 Å². The molecule has 138 valence electrons. The van der Waals surface area contributed by atoms with Gasteiger partial charge < -0.3 is 9.84 Å². The second kappa shape index (κ2) is 5.67. The van der Waals surface area contributed by atoms with Crippen LogP contribution in [0.1, 0.15) is 65.7 Å². The fraction of sp³-hybridized carbons (Fsp3) is 0.810. The number of aliphatic hydroxyl groups excluding tert-OH is 1. The summed E-state index contributed by atoms with van der Waals surface area (Å²) < 4.78 is 5.47.